The quantitative estimate of drug-likeness (QED) is 0.576. The van der Waals surface area contributed by atoms with Gasteiger partial charge in [-0.2, -0.15) is 0 Å². The number of ether oxygens (including phenoxy) is 2. The van der Waals surface area contributed by atoms with E-state index in [0.717, 1.165) is 19.4 Å². The summed E-state index contributed by atoms with van der Waals surface area (Å²) in [5, 5.41) is 0. The van der Waals surface area contributed by atoms with Gasteiger partial charge in [-0.1, -0.05) is 18.2 Å². The Hall–Kier alpha value is -1.82. The van der Waals surface area contributed by atoms with Gasteiger partial charge in [-0.15, -0.1) is 0 Å². The summed E-state index contributed by atoms with van der Waals surface area (Å²) in [5.41, 5.74) is 0.698. The first-order chi connectivity index (χ1) is 11.2. The number of carbonyl (C=O) groups is 2. The summed E-state index contributed by atoms with van der Waals surface area (Å²) in [4.78, 5) is 28.7. The molecule has 3 atom stereocenters. The molecule has 0 saturated carbocycles. The van der Waals surface area contributed by atoms with Crippen LogP contribution < -0.4 is 0 Å². The van der Waals surface area contributed by atoms with E-state index in [9.17, 15) is 9.59 Å². The molecule has 23 heavy (non-hydrogen) atoms. The van der Waals surface area contributed by atoms with Gasteiger partial charge in [0.15, 0.2) is 6.23 Å². The lowest BCUT2D eigenvalue weighted by Crippen LogP contribution is -2.42. The van der Waals surface area contributed by atoms with Crippen LogP contribution in [0.3, 0.4) is 0 Å². The molecule has 0 N–H and O–H groups in total. The molecule has 0 bridgehead atoms. The first-order valence-corrected chi connectivity index (χ1v) is 8.43. The topological polar surface area (TPSA) is 59.1 Å². The highest BCUT2D eigenvalue weighted by atomic mass is 16.5. The van der Waals surface area contributed by atoms with Crippen molar-refractivity contribution in [2.45, 2.75) is 45.4 Å². The molecule has 3 rings (SSSR count). The predicted molar refractivity (Wildman–Crippen MR) is 84.3 cm³/mol. The summed E-state index contributed by atoms with van der Waals surface area (Å²) in [6, 6.07) is 0.0268. The van der Waals surface area contributed by atoms with E-state index in [2.05, 4.69) is 0 Å². The Kier molecular flexibility index (Phi) is 4.71. The molecule has 6 nitrogen and oxygen atoms in total. The standard InChI is InChI=1S/C17H24N2O4/c1-3-22-15-14-10-7-11-18(14)17(21)19(15)13-9-6-5-8-12(13)16(20)23-4-2/h5,8-9,12,14-15H,3-4,6-7,10-11H2,1-2H3/t12?,14-,15+/m0/s1. The van der Waals surface area contributed by atoms with Crippen molar-refractivity contribution in [2.24, 2.45) is 5.92 Å². The average Bonchev–Trinajstić information content (AvgIpc) is 3.12. The molecule has 2 fully saturated rings. The minimum Gasteiger partial charge on any atom is -0.465 e. The number of fused-ring (bicyclic) bond motifs is 1. The number of esters is 1. The third-order valence-corrected chi connectivity index (χ3v) is 4.60. The van der Waals surface area contributed by atoms with Crippen LogP contribution in [-0.2, 0) is 14.3 Å². The fourth-order valence-electron chi connectivity index (χ4n) is 3.67. The normalized spacial score (nSPS) is 29.7. The maximum absolute atomic E-state index is 12.9. The molecular weight excluding hydrogens is 296 g/mol. The maximum Gasteiger partial charge on any atom is 0.326 e. The average molecular weight is 320 g/mol. The van der Waals surface area contributed by atoms with Crippen molar-refractivity contribution in [3.63, 3.8) is 0 Å². The minimum absolute atomic E-state index is 0.0539. The Morgan fingerprint density at radius 2 is 2.17 bits per heavy atom. The molecule has 0 aromatic rings. The van der Waals surface area contributed by atoms with Crippen molar-refractivity contribution < 1.29 is 19.1 Å². The first kappa shape index (κ1) is 16.1. The SMILES string of the molecule is CCOC(=O)C1C=CCC=C1N1C(=O)N2CCC[C@H]2[C@H]1OCC. The first-order valence-electron chi connectivity index (χ1n) is 8.43. The molecule has 0 aromatic carbocycles. The van der Waals surface area contributed by atoms with Gasteiger partial charge in [-0.05, 0) is 33.1 Å². The summed E-state index contributed by atoms with van der Waals surface area (Å²) in [7, 11) is 0. The van der Waals surface area contributed by atoms with Gasteiger partial charge in [0.25, 0.3) is 0 Å². The third-order valence-electron chi connectivity index (χ3n) is 4.60. The van der Waals surface area contributed by atoms with Gasteiger partial charge in [-0.3, -0.25) is 9.69 Å². The molecule has 2 amide bonds. The molecule has 2 heterocycles. The Morgan fingerprint density at radius 1 is 1.35 bits per heavy atom. The number of carbonyl (C=O) groups excluding carboxylic acids is 2. The van der Waals surface area contributed by atoms with Crippen LogP contribution in [0.15, 0.2) is 23.9 Å². The number of hydrogen-bond donors (Lipinski definition) is 0. The molecule has 1 aliphatic carbocycles. The fraction of sp³-hybridized carbons (Fsp3) is 0.647. The van der Waals surface area contributed by atoms with Crippen LogP contribution in [0.1, 0.15) is 33.1 Å². The second kappa shape index (κ2) is 6.74. The molecule has 2 aliphatic heterocycles. The van der Waals surface area contributed by atoms with Crippen LogP contribution in [0.4, 0.5) is 4.79 Å². The van der Waals surface area contributed by atoms with Crippen LogP contribution in [0.5, 0.6) is 0 Å². The van der Waals surface area contributed by atoms with E-state index in [4.69, 9.17) is 9.47 Å². The summed E-state index contributed by atoms with van der Waals surface area (Å²) < 4.78 is 11.1. The van der Waals surface area contributed by atoms with Gasteiger partial charge in [0.1, 0.15) is 5.92 Å². The zero-order valence-corrected chi connectivity index (χ0v) is 13.7. The fourth-order valence-corrected chi connectivity index (χ4v) is 3.67. The molecule has 3 aliphatic rings. The van der Waals surface area contributed by atoms with E-state index >= 15 is 0 Å². The summed E-state index contributed by atoms with van der Waals surface area (Å²) >= 11 is 0. The van der Waals surface area contributed by atoms with Gasteiger partial charge in [0.05, 0.1) is 12.6 Å². The van der Waals surface area contributed by atoms with Crippen molar-refractivity contribution >= 4 is 12.0 Å². The lowest BCUT2D eigenvalue weighted by atomic mass is 9.97. The highest BCUT2D eigenvalue weighted by molar-refractivity contribution is 5.84. The van der Waals surface area contributed by atoms with Crippen LogP contribution in [0, 0.1) is 5.92 Å². The van der Waals surface area contributed by atoms with Crippen molar-refractivity contribution in [1.82, 2.24) is 9.80 Å². The van der Waals surface area contributed by atoms with Crippen molar-refractivity contribution in [3.8, 4) is 0 Å². The van der Waals surface area contributed by atoms with E-state index < -0.39 is 5.92 Å². The lowest BCUT2D eigenvalue weighted by Gasteiger charge is -2.31. The zero-order valence-electron chi connectivity index (χ0n) is 13.7. The van der Waals surface area contributed by atoms with E-state index in [1.807, 2.05) is 30.1 Å². The molecule has 0 radical (unpaired) electrons. The molecular formula is C17H24N2O4. The number of rotatable bonds is 5. The summed E-state index contributed by atoms with van der Waals surface area (Å²) in [5.74, 6) is -0.847. The molecule has 0 spiro atoms. The maximum atomic E-state index is 12.9. The van der Waals surface area contributed by atoms with Gasteiger partial charge < -0.3 is 14.4 Å². The number of amides is 2. The van der Waals surface area contributed by atoms with Gasteiger partial charge >= 0.3 is 12.0 Å². The zero-order chi connectivity index (χ0) is 16.4. The van der Waals surface area contributed by atoms with Crippen molar-refractivity contribution in [1.29, 1.82) is 0 Å². The van der Waals surface area contributed by atoms with Crippen LogP contribution in [0.2, 0.25) is 0 Å². The van der Waals surface area contributed by atoms with E-state index in [-0.39, 0.29) is 24.3 Å². The predicted octanol–water partition coefficient (Wildman–Crippen LogP) is 2.27. The molecule has 2 saturated heterocycles. The smallest absolute Gasteiger partial charge is 0.326 e. The van der Waals surface area contributed by atoms with E-state index in [1.165, 1.54) is 0 Å². The Morgan fingerprint density at radius 3 is 2.91 bits per heavy atom. The van der Waals surface area contributed by atoms with Crippen molar-refractivity contribution in [3.05, 3.63) is 23.9 Å². The molecule has 1 unspecified atom stereocenters. The number of hydrogen-bond acceptors (Lipinski definition) is 4. The molecule has 126 valence electrons. The Labute approximate surface area is 136 Å². The Bertz CT molecular complexity index is 543. The Balaban J connectivity index is 1.89. The van der Waals surface area contributed by atoms with Crippen molar-refractivity contribution in [2.75, 3.05) is 19.8 Å². The van der Waals surface area contributed by atoms with Crippen LogP contribution in [-0.4, -0.2) is 53.8 Å². The van der Waals surface area contributed by atoms with Gasteiger partial charge in [0, 0.05) is 18.8 Å². The second-order valence-corrected chi connectivity index (χ2v) is 5.92. The number of urea groups is 1. The lowest BCUT2D eigenvalue weighted by molar-refractivity contribution is -0.145. The molecule has 6 heteroatoms. The van der Waals surface area contributed by atoms with E-state index in [0.29, 0.717) is 25.3 Å². The minimum atomic E-state index is -0.532. The monoisotopic (exact) mass is 320 g/mol. The van der Waals surface area contributed by atoms with Crippen LogP contribution >= 0.6 is 0 Å². The van der Waals surface area contributed by atoms with Gasteiger partial charge in [0.2, 0.25) is 0 Å². The van der Waals surface area contributed by atoms with Crippen LogP contribution in [0.25, 0.3) is 0 Å². The summed E-state index contributed by atoms with van der Waals surface area (Å²) in [6.45, 7) is 5.34. The largest absolute Gasteiger partial charge is 0.465 e. The highest BCUT2D eigenvalue weighted by Gasteiger charge is 2.51. The second-order valence-electron chi connectivity index (χ2n) is 5.92. The van der Waals surface area contributed by atoms with Gasteiger partial charge in [-0.25, -0.2) is 4.79 Å². The number of allylic oxidation sites excluding steroid dienone is 2. The van der Waals surface area contributed by atoms with E-state index in [1.54, 1.807) is 11.8 Å². The number of nitrogens with zero attached hydrogens (tertiary/aromatic N) is 2. The summed E-state index contributed by atoms with van der Waals surface area (Å²) in [6.07, 6.45) is 8.04. The highest BCUT2D eigenvalue weighted by Crippen LogP contribution is 2.38. The molecule has 0 aromatic heterocycles. The third kappa shape index (κ3) is 2.76.